The molecule has 0 spiro atoms. The molecule has 1 aromatic carbocycles. The average Bonchev–Trinajstić information content (AvgIpc) is 2.92. The first-order valence-electron chi connectivity index (χ1n) is 7.59. The molecule has 1 unspecified atom stereocenters. The minimum Gasteiger partial charge on any atom is -0.399 e. The smallest absolute Gasteiger partial charge is 0.225 e. The van der Waals surface area contributed by atoms with Crippen molar-refractivity contribution in [1.82, 2.24) is 10.3 Å². The number of fused-ring (bicyclic) bond motifs is 2. The first kappa shape index (κ1) is 13.6. The van der Waals surface area contributed by atoms with Crippen LogP contribution in [0.2, 0.25) is 0 Å². The van der Waals surface area contributed by atoms with Crippen molar-refractivity contribution in [2.45, 2.75) is 6.92 Å². The average molecular weight is 303 g/mol. The van der Waals surface area contributed by atoms with Gasteiger partial charge in [-0.05, 0) is 42.8 Å². The first-order chi connectivity index (χ1) is 11.1. The molecule has 1 atom stereocenters. The maximum Gasteiger partial charge on any atom is 0.225 e. The quantitative estimate of drug-likeness (QED) is 0.747. The molecule has 2 heterocycles. The fourth-order valence-corrected chi connectivity index (χ4v) is 3.05. The van der Waals surface area contributed by atoms with Gasteiger partial charge in [0.15, 0.2) is 0 Å². The second-order valence-corrected chi connectivity index (χ2v) is 5.95. The molecule has 0 saturated carbocycles. The lowest BCUT2D eigenvalue weighted by Gasteiger charge is -2.17. The van der Waals surface area contributed by atoms with E-state index in [9.17, 15) is 4.79 Å². The largest absolute Gasteiger partial charge is 0.399 e. The van der Waals surface area contributed by atoms with Crippen LogP contribution < -0.4 is 11.1 Å². The van der Waals surface area contributed by atoms with Gasteiger partial charge < -0.3 is 16.0 Å². The third kappa shape index (κ3) is 2.38. The van der Waals surface area contributed by atoms with Crippen LogP contribution in [0.25, 0.3) is 10.9 Å². The van der Waals surface area contributed by atoms with Gasteiger partial charge in [0, 0.05) is 28.2 Å². The van der Waals surface area contributed by atoms with Crippen LogP contribution in [0.4, 0.5) is 0 Å². The molecule has 1 aliphatic heterocycles. The predicted molar refractivity (Wildman–Crippen MR) is 91.6 cm³/mol. The fraction of sp³-hybridized carbons (Fsp3) is 0.105. The fourth-order valence-electron chi connectivity index (χ4n) is 3.05. The van der Waals surface area contributed by atoms with Gasteiger partial charge >= 0.3 is 0 Å². The van der Waals surface area contributed by atoms with E-state index >= 15 is 0 Å². The summed E-state index contributed by atoms with van der Waals surface area (Å²) in [6.45, 7) is 2.04. The van der Waals surface area contributed by atoms with Crippen LogP contribution in [0.15, 0.2) is 71.7 Å². The van der Waals surface area contributed by atoms with Crippen molar-refractivity contribution >= 4 is 16.7 Å². The third-order valence-corrected chi connectivity index (χ3v) is 4.22. The van der Waals surface area contributed by atoms with Crippen molar-refractivity contribution in [3.8, 4) is 0 Å². The minimum atomic E-state index is -0.0431. The van der Waals surface area contributed by atoms with Crippen LogP contribution in [0.5, 0.6) is 0 Å². The molecule has 4 rings (SSSR count). The first-order valence-corrected chi connectivity index (χ1v) is 7.59. The highest BCUT2D eigenvalue weighted by atomic mass is 16.1. The summed E-state index contributed by atoms with van der Waals surface area (Å²) >= 11 is 0. The Bertz CT molecular complexity index is 939. The van der Waals surface area contributed by atoms with Crippen molar-refractivity contribution in [3.63, 3.8) is 0 Å². The Hall–Kier alpha value is -3.01. The predicted octanol–water partition coefficient (Wildman–Crippen LogP) is 3.06. The topological polar surface area (TPSA) is 70.9 Å². The van der Waals surface area contributed by atoms with Crippen LogP contribution in [0.3, 0.4) is 0 Å². The number of aromatic amines is 1. The number of hydrogen-bond acceptors (Lipinski definition) is 3. The molecule has 0 saturated heterocycles. The molecule has 1 aliphatic carbocycles. The highest BCUT2D eigenvalue weighted by molar-refractivity contribution is 6.10. The molecule has 0 amide bonds. The van der Waals surface area contributed by atoms with Gasteiger partial charge in [0.1, 0.15) is 0 Å². The third-order valence-electron chi connectivity index (χ3n) is 4.22. The lowest BCUT2D eigenvalue weighted by Crippen LogP contribution is -2.24. The maximum atomic E-state index is 12.8. The SMILES string of the molecule is Cc1cccc2[nH]c(C(=O)C3=CC4C=C(N)C=CC(=C4)N3)cc12. The van der Waals surface area contributed by atoms with Crippen LogP contribution in [0.1, 0.15) is 16.1 Å². The molecule has 0 fully saturated rings. The number of nitrogens with two attached hydrogens (primary N) is 1. The molecule has 1 aromatic heterocycles. The van der Waals surface area contributed by atoms with Crippen molar-refractivity contribution in [3.05, 3.63) is 83.0 Å². The molecule has 2 aliphatic rings. The zero-order chi connectivity index (χ0) is 16.0. The zero-order valence-corrected chi connectivity index (χ0v) is 12.8. The Morgan fingerprint density at radius 1 is 1.17 bits per heavy atom. The summed E-state index contributed by atoms with van der Waals surface area (Å²) in [4.78, 5) is 16.1. The number of dihydropyridines is 1. The number of rotatable bonds is 2. The van der Waals surface area contributed by atoms with E-state index in [4.69, 9.17) is 5.73 Å². The standard InChI is InChI=1S/C19H17N3O/c1-11-3-2-4-16-15(11)10-18(22-16)19(23)17-9-12-7-13(20)5-6-14(8-12)21-17/h2-10,12,21-22H,20H2,1H3. The number of aryl methyl sites for hydroxylation is 1. The summed E-state index contributed by atoms with van der Waals surface area (Å²) in [7, 11) is 0. The lowest BCUT2D eigenvalue weighted by molar-refractivity contribution is 0.102. The second-order valence-electron chi connectivity index (χ2n) is 5.95. The van der Waals surface area contributed by atoms with E-state index in [0.29, 0.717) is 17.1 Å². The molecular formula is C19H17N3O. The van der Waals surface area contributed by atoms with E-state index in [-0.39, 0.29) is 11.7 Å². The summed E-state index contributed by atoms with van der Waals surface area (Å²) in [6.07, 6.45) is 9.62. The number of H-pyrrole nitrogens is 1. The van der Waals surface area contributed by atoms with Gasteiger partial charge in [0.2, 0.25) is 5.78 Å². The highest BCUT2D eigenvalue weighted by Crippen LogP contribution is 2.24. The summed E-state index contributed by atoms with van der Waals surface area (Å²) in [5.74, 6) is -0.00946. The Morgan fingerprint density at radius 2 is 2.04 bits per heavy atom. The van der Waals surface area contributed by atoms with Crippen LogP contribution in [-0.2, 0) is 0 Å². The van der Waals surface area contributed by atoms with Crippen molar-refractivity contribution in [2.75, 3.05) is 0 Å². The Morgan fingerprint density at radius 3 is 2.87 bits per heavy atom. The Kier molecular flexibility index (Phi) is 2.98. The Balaban J connectivity index is 1.71. The number of aromatic nitrogens is 1. The van der Waals surface area contributed by atoms with Gasteiger partial charge in [-0.15, -0.1) is 0 Å². The van der Waals surface area contributed by atoms with Gasteiger partial charge in [-0.3, -0.25) is 4.79 Å². The number of Topliss-reactive ketones (excluding diaryl/α,β-unsaturated/α-hetero) is 1. The lowest BCUT2D eigenvalue weighted by atomic mass is 10.0. The van der Waals surface area contributed by atoms with Crippen molar-refractivity contribution in [2.24, 2.45) is 11.7 Å². The van der Waals surface area contributed by atoms with E-state index < -0.39 is 0 Å². The second kappa shape index (κ2) is 5.02. The Labute approximate surface area is 134 Å². The number of carbonyl (C=O) groups excluding carboxylic acids is 1. The molecular weight excluding hydrogens is 286 g/mol. The van der Waals surface area contributed by atoms with Crippen LogP contribution >= 0.6 is 0 Å². The molecule has 0 radical (unpaired) electrons. The molecule has 114 valence electrons. The van der Waals surface area contributed by atoms with E-state index in [2.05, 4.69) is 10.3 Å². The van der Waals surface area contributed by atoms with Gasteiger partial charge in [-0.2, -0.15) is 0 Å². The van der Waals surface area contributed by atoms with Gasteiger partial charge in [0.05, 0.1) is 11.4 Å². The van der Waals surface area contributed by atoms with Crippen LogP contribution in [0, 0.1) is 12.8 Å². The van der Waals surface area contributed by atoms with E-state index in [0.717, 1.165) is 22.2 Å². The summed E-state index contributed by atoms with van der Waals surface area (Å²) in [5, 5.41) is 4.26. The van der Waals surface area contributed by atoms with Crippen molar-refractivity contribution < 1.29 is 4.79 Å². The van der Waals surface area contributed by atoms with Crippen molar-refractivity contribution in [1.29, 1.82) is 0 Å². The van der Waals surface area contributed by atoms with E-state index in [1.807, 2.05) is 61.6 Å². The number of allylic oxidation sites excluding steroid dienone is 6. The zero-order valence-electron chi connectivity index (χ0n) is 12.8. The monoisotopic (exact) mass is 303 g/mol. The summed E-state index contributed by atoms with van der Waals surface area (Å²) < 4.78 is 0. The van der Waals surface area contributed by atoms with E-state index in [1.54, 1.807) is 0 Å². The van der Waals surface area contributed by atoms with E-state index in [1.165, 1.54) is 0 Å². The summed E-state index contributed by atoms with van der Waals surface area (Å²) in [6, 6.07) is 7.93. The maximum absolute atomic E-state index is 12.8. The number of hydrogen-bond donors (Lipinski definition) is 3. The molecule has 23 heavy (non-hydrogen) atoms. The molecule has 4 N–H and O–H groups in total. The van der Waals surface area contributed by atoms with Gasteiger partial charge in [0.25, 0.3) is 0 Å². The normalized spacial score (nSPS) is 19.5. The molecule has 2 aromatic rings. The molecule has 4 nitrogen and oxygen atoms in total. The minimum absolute atomic E-state index is 0.0336. The number of ketones is 1. The number of carbonyl (C=O) groups is 1. The summed E-state index contributed by atoms with van der Waals surface area (Å²) in [5.41, 5.74) is 10.8. The van der Waals surface area contributed by atoms with Crippen LogP contribution in [-0.4, -0.2) is 10.8 Å². The highest BCUT2D eigenvalue weighted by Gasteiger charge is 2.21. The van der Waals surface area contributed by atoms with Gasteiger partial charge in [-0.25, -0.2) is 0 Å². The number of benzene rings is 1. The molecule has 2 bridgehead atoms. The van der Waals surface area contributed by atoms with Gasteiger partial charge in [-0.1, -0.05) is 24.3 Å². The molecule has 4 heteroatoms. The number of nitrogens with one attached hydrogen (secondary N) is 2.